The second-order valence-electron chi connectivity index (χ2n) is 6.17. The molecule has 3 aromatic rings. The van der Waals surface area contributed by atoms with Gasteiger partial charge in [0.15, 0.2) is 5.65 Å². The zero-order valence-corrected chi connectivity index (χ0v) is 14.0. The molecule has 0 aliphatic carbocycles. The minimum atomic E-state index is -4.33. The number of pyridine rings is 1. The first-order valence-electron chi connectivity index (χ1n) is 8.33. The average Bonchev–Trinajstić information content (AvgIpc) is 3.29. The monoisotopic (exact) mass is 376 g/mol. The molecule has 140 valence electrons. The topological polar surface area (TPSA) is 75.4 Å². The first-order chi connectivity index (χ1) is 12.9. The Balaban J connectivity index is 1.66. The van der Waals surface area contributed by atoms with Crippen LogP contribution in [-0.2, 0) is 0 Å². The maximum atomic E-state index is 13.2. The molecular weight excluding hydrogens is 361 g/mol. The van der Waals surface area contributed by atoms with Crippen molar-refractivity contribution in [3.05, 3.63) is 48.4 Å². The molecule has 0 aromatic carbocycles. The number of hydrogen-bond acceptors (Lipinski definition) is 5. The van der Waals surface area contributed by atoms with Crippen LogP contribution in [0.15, 0.2) is 42.9 Å². The van der Waals surface area contributed by atoms with E-state index in [1.807, 2.05) is 0 Å². The number of aromatic nitrogens is 4. The van der Waals surface area contributed by atoms with Gasteiger partial charge in [0.2, 0.25) is 0 Å². The predicted molar refractivity (Wildman–Crippen MR) is 91.6 cm³/mol. The zero-order chi connectivity index (χ0) is 19.0. The van der Waals surface area contributed by atoms with Crippen LogP contribution in [0.1, 0.15) is 23.2 Å². The van der Waals surface area contributed by atoms with E-state index in [9.17, 15) is 18.0 Å². The Morgan fingerprint density at radius 1 is 1.26 bits per heavy atom. The minimum Gasteiger partial charge on any atom is -0.344 e. The van der Waals surface area contributed by atoms with E-state index >= 15 is 0 Å². The van der Waals surface area contributed by atoms with Crippen molar-refractivity contribution in [2.75, 3.05) is 16.8 Å². The molecule has 1 saturated heterocycles. The fourth-order valence-electron chi connectivity index (χ4n) is 3.18. The van der Waals surface area contributed by atoms with Gasteiger partial charge in [0.05, 0.1) is 6.20 Å². The average molecular weight is 376 g/mol. The first kappa shape index (κ1) is 17.3. The fourth-order valence-corrected chi connectivity index (χ4v) is 3.18. The summed E-state index contributed by atoms with van der Waals surface area (Å²) < 4.78 is 41.1. The molecule has 1 aliphatic rings. The number of anilines is 2. The molecule has 0 unspecified atom stereocenters. The Morgan fingerprint density at radius 3 is 2.85 bits per heavy atom. The number of alkyl halides is 3. The maximum Gasteiger partial charge on any atom is 0.408 e. The smallest absolute Gasteiger partial charge is 0.344 e. The first-order valence-corrected chi connectivity index (χ1v) is 8.33. The normalized spacial score (nSPS) is 17.4. The standard InChI is InChI=1S/C17H15F3N6O/c18-17(19,20)12-4-3-8-25(12)14-6-9-26-15(24-14)11(10-22-26)16(27)23-13-5-1-2-7-21-13/h1-2,5-7,9-10,12H,3-4,8H2,(H,21,23,27)/t12-/m1/s1. The van der Waals surface area contributed by atoms with Crippen molar-refractivity contribution in [3.8, 4) is 0 Å². The number of halogens is 3. The van der Waals surface area contributed by atoms with Gasteiger partial charge in [-0.05, 0) is 31.0 Å². The molecule has 27 heavy (non-hydrogen) atoms. The van der Waals surface area contributed by atoms with Gasteiger partial charge in [0.25, 0.3) is 5.91 Å². The van der Waals surface area contributed by atoms with Crippen LogP contribution in [-0.4, -0.2) is 44.3 Å². The van der Waals surface area contributed by atoms with Crippen LogP contribution in [0.4, 0.5) is 24.8 Å². The SMILES string of the molecule is O=C(Nc1ccccn1)c1cnn2ccc(N3CCC[C@@H]3C(F)(F)F)nc12. The van der Waals surface area contributed by atoms with Crippen molar-refractivity contribution < 1.29 is 18.0 Å². The fraction of sp³-hybridized carbons (Fsp3) is 0.294. The van der Waals surface area contributed by atoms with Crippen molar-refractivity contribution >= 4 is 23.2 Å². The van der Waals surface area contributed by atoms with Gasteiger partial charge in [-0.3, -0.25) is 4.79 Å². The molecule has 4 rings (SSSR count). The largest absolute Gasteiger partial charge is 0.408 e. The van der Waals surface area contributed by atoms with E-state index in [1.54, 1.807) is 18.2 Å². The number of amides is 1. The van der Waals surface area contributed by atoms with E-state index in [2.05, 4.69) is 20.4 Å². The molecule has 0 saturated carbocycles. The van der Waals surface area contributed by atoms with Crippen molar-refractivity contribution in [1.82, 2.24) is 19.6 Å². The van der Waals surface area contributed by atoms with Gasteiger partial charge in [0, 0.05) is 18.9 Å². The third-order valence-electron chi connectivity index (χ3n) is 4.43. The number of rotatable bonds is 3. The lowest BCUT2D eigenvalue weighted by atomic mass is 10.2. The molecule has 1 amide bonds. The Hall–Kier alpha value is -3.17. The van der Waals surface area contributed by atoms with Crippen LogP contribution in [0, 0.1) is 0 Å². The van der Waals surface area contributed by atoms with Crippen molar-refractivity contribution in [1.29, 1.82) is 0 Å². The molecule has 0 bridgehead atoms. The summed E-state index contributed by atoms with van der Waals surface area (Å²) in [4.78, 5) is 22.0. The molecular formula is C17H15F3N6O. The summed E-state index contributed by atoms with van der Waals surface area (Å²) in [5.74, 6) is 0.0477. The number of fused-ring (bicyclic) bond motifs is 1. The highest BCUT2D eigenvalue weighted by atomic mass is 19.4. The number of carbonyl (C=O) groups excluding carboxylic acids is 1. The van der Waals surface area contributed by atoms with Gasteiger partial charge in [-0.25, -0.2) is 14.5 Å². The third-order valence-corrected chi connectivity index (χ3v) is 4.43. The van der Waals surface area contributed by atoms with Crippen LogP contribution in [0.3, 0.4) is 0 Å². The molecule has 1 N–H and O–H groups in total. The van der Waals surface area contributed by atoms with Crippen LogP contribution >= 0.6 is 0 Å². The van der Waals surface area contributed by atoms with Crippen LogP contribution < -0.4 is 10.2 Å². The summed E-state index contributed by atoms with van der Waals surface area (Å²) in [5.41, 5.74) is 0.346. The summed E-state index contributed by atoms with van der Waals surface area (Å²) in [6.07, 6.45) is 0.499. The van der Waals surface area contributed by atoms with E-state index in [0.29, 0.717) is 12.2 Å². The van der Waals surface area contributed by atoms with Gasteiger partial charge in [-0.15, -0.1) is 0 Å². The Bertz CT molecular complexity index is 972. The lowest BCUT2D eigenvalue weighted by molar-refractivity contribution is -0.146. The van der Waals surface area contributed by atoms with Gasteiger partial charge < -0.3 is 10.2 Å². The van der Waals surface area contributed by atoms with E-state index < -0.39 is 18.1 Å². The van der Waals surface area contributed by atoms with Crippen molar-refractivity contribution in [3.63, 3.8) is 0 Å². The van der Waals surface area contributed by atoms with Gasteiger partial charge >= 0.3 is 6.18 Å². The van der Waals surface area contributed by atoms with Crippen LogP contribution in [0.2, 0.25) is 0 Å². The molecule has 0 radical (unpaired) electrons. The Morgan fingerprint density at radius 2 is 2.11 bits per heavy atom. The third kappa shape index (κ3) is 3.29. The number of carbonyl (C=O) groups is 1. The molecule has 1 fully saturated rings. The summed E-state index contributed by atoms with van der Waals surface area (Å²) in [6.45, 7) is 0.261. The molecule has 4 heterocycles. The molecule has 10 heteroatoms. The van der Waals surface area contributed by atoms with Gasteiger partial charge in [0.1, 0.15) is 23.2 Å². The van der Waals surface area contributed by atoms with Crippen molar-refractivity contribution in [2.45, 2.75) is 25.1 Å². The second-order valence-corrected chi connectivity index (χ2v) is 6.17. The molecule has 7 nitrogen and oxygen atoms in total. The van der Waals surface area contributed by atoms with Crippen molar-refractivity contribution in [2.24, 2.45) is 0 Å². The van der Waals surface area contributed by atoms with Crippen LogP contribution in [0.5, 0.6) is 0 Å². The van der Waals surface area contributed by atoms with Gasteiger partial charge in [-0.2, -0.15) is 18.3 Å². The molecule has 0 spiro atoms. The molecule has 1 aliphatic heterocycles. The highest BCUT2D eigenvalue weighted by Gasteiger charge is 2.46. The zero-order valence-electron chi connectivity index (χ0n) is 14.0. The molecule has 1 atom stereocenters. The summed E-state index contributed by atoms with van der Waals surface area (Å²) >= 11 is 0. The van der Waals surface area contributed by atoms with E-state index in [1.165, 1.54) is 34.1 Å². The summed E-state index contributed by atoms with van der Waals surface area (Å²) in [5, 5.41) is 6.67. The molecule has 3 aromatic heterocycles. The maximum absolute atomic E-state index is 13.2. The predicted octanol–water partition coefficient (Wildman–Crippen LogP) is 2.91. The second kappa shape index (κ2) is 6.53. The lowest BCUT2D eigenvalue weighted by Gasteiger charge is -2.27. The van der Waals surface area contributed by atoms with Gasteiger partial charge in [-0.1, -0.05) is 6.07 Å². The number of hydrogen-bond donors (Lipinski definition) is 1. The highest BCUT2D eigenvalue weighted by Crippen LogP contribution is 2.35. The van der Waals surface area contributed by atoms with E-state index in [-0.39, 0.29) is 30.0 Å². The quantitative estimate of drug-likeness (QED) is 0.761. The van der Waals surface area contributed by atoms with E-state index in [0.717, 1.165) is 0 Å². The Kier molecular flexibility index (Phi) is 4.17. The lowest BCUT2D eigenvalue weighted by Crippen LogP contribution is -2.41. The van der Waals surface area contributed by atoms with Crippen LogP contribution in [0.25, 0.3) is 5.65 Å². The number of nitrogens with one attached hydrogen (secondary N) is 1. The summed E-state index contributed by atoms with van der Waals surface area (Å²) in [7, 11) is 0. The minimum absolute atomic E-state index is 0.0304. The highest BCUT2D eigenvalue weighted by molar-refractivity contribution is 6.07. The van der Waals surface area contributed by atoms with E-state index in [4.69, 9.17) is 0 Å². The Labute approximate surface area is 151 Å². The number of nitrogens with zero attached hydrogens (tertiary/aromatic N) is 5. The summed E-state index contributed by atoms with van der Waals surface area (Å²) in [6, 6.07) is 4.97.